The average molecular weight is 192 g/mol. The number of allylic oxidation sites excluding steroid dienone is 2. The van der Waals surface area contributed by atoms with Gasteiger partial charge in [-0.15, -0.1) is 0 Å². The quantitative estimate of drug-likeness (QED) is 0.567. The first-order valence-electron chi connectivity index (χ1n) is 5.74. The summed E-state index contributed by atoms with van der Waals surface area (Å²) in [5, 5.41) is 0. The van der Waals surface area contributed by atoms with Crippen LogP contribution in [0.3, 0.4) is 0 Å². The van der Waals surface area contributed by atoms with Gasteiger partial charge in [-0.1, -0.05) is 38.2 Å². The van der Waals surface area contributed by atoms with Crippen LogP contribution >= 0.6 is 0 Å². The third-order valence-electron chi connectivity index (χ3n) is 4.06. The largest absolute Gasteiger partial charge is 0.0999 e. The van der Waals surface area contributed by atoms with E-state index < -0.39 is 0 Å². The molecule has 0 heterocycles. The van der Waals surface area contributed by atoms with Crippen LogP contribution in [0.15, 0.2) is 24.3 Å². The molecule has 0 unspecified atom stereocenters. The van der Waals surface area contributed by atoms with Crippen LogP contribution in [0.1, 0.15) is 40.5 Å². The van der Waals surface area contributed by atoms with Crippen LogP contribution in [-0.2, 0) is 0 Å². The average Bonchev–Trinajstić information content (AvgIpc) is 2.08. The van der Waals surface area contributed by atoms with E-state index in [1.807, 2.05) is 0 Å². The summed E-state index contributed by atoms with van der Waals surface area (Å²) in [6, 6.07) is 0. The molecule has 0 saturated heterocycles. The van der Waals surface area contributed by atoms with Crippen molar-refractivity contribution in [1.29, 1.82) is 0 Å². The summed E-state index contributed by atoms with van der Waals surface area (Å²) >= 11 is 0. The molecule has 0 aromatic heterocycles. The zero-order valence-electron chi connectivity index (χ0n) is 10.1. The fourth-order valence-electron chi connectivity index (χ4n) is 2.73. The van der Waals surface area contributed by atoms with Gasteiger partial charge in [0.1, 0.15) is 0 Å². The van der Waals surface area contributed by atoms with E-state index in [4.69, 9.17) is 0 Å². The summed E-state index contributed by atoms with van der Waals surface area (Å²) in [5.74, 6) is 3.04. The molecule has 1 aliphatic carbocycles. The fraction of sp³-hybridized carbons (Fsp3) is 0.714. The molecule has 0 spiro atoms. The van der Waals surface area contributed by atoms with Crippen LogP contribution in [0.25, 0.3) is 0 Å². The van der Waals surface area contributed by atoms with Crippen molar-refractivity contribution >= 4 is 0 Å². The Morgan fingerprint density at radius 2 is 1.57 bits per heavy atom. The first-order valence-corrected chi connectivity index (χ1v) is 5.74. The Labute approximate surface area is 89.1 Å². The lowest BCUT2D eigenvalue weighted by molar-refractivity contribution is 0.170. The molecule has 14 heavy (non-hydrogen) atoms. The van der Waals surface area contributed by atoms with Gasteiger partial charge in [0.2, 0.25) is 0 Å². The number of hydrogen-bond donors (Lipinski definition) is 0. The van der Waals surface area contributed by atoms with Crippen molar-refractivity contribution in [2.45, 2.75) is 40.5 Å². The van der Waals surface area contributed by atoms with Gasteiger partial charge in [0.25, 0.3) is 0 Å². The van der Waals surface area contributed by atoms with Gasteiger partial charge in [-0.25, -0.2) is 0 Å². The Balaban J connectivity index is 2.76. The molecule has 0 amide bonds. The maximum absolute atomic E-state index is 4.13. The van der Waals surface area contributed by atoms with E-state index in [2.05, 4.69) is 40.9 Å². The predicted molar refractivity (Wildman–Crippen MR) is 64.2 cm³/mol. The van der Waals surface area contributed by atoms with Crippen molar-refractivity contribution < 1.29 is 0 Å². The number of hydrogen-bond acceptors (Lipinski definition) is 0. The van der Waals surface area contributed by atoms with Crippen LogP contribution in [0.4, 0.5) is 0 Å². The standard InChI is InChI=1S/C14H24/c1-9(2)13-7-11(5)12(6)14(8-13)10(3)4/h11-14H,1,3,7-8H2,2,4-6H3/t11-,12+,13-,14+/m1/s1. The van der Waals surface area contributed by atoms with Gasteiger partial charge in [-0.2, -0.15) is 0 Å². The maximum atomic E-state index is 4.13. The second-order valence-electron chi connectivity index (χ2n) is 5.30. The molecule has 0 radical (unpaired) electrons. The molecule has 0 nitrogen and oxygen atoms in total. The lowest BCUT2D eigenvalue weighted by Gasteiger charge is -2.39. The van der Waals surface area contributed by atoms with Crippen LogP contribution in [-0.4, -0.2) is 0 Å². The highest BCUT2D eigenvalue weighted by Crippen LogP contribution is 2.42. The molecule has 0 aromatic carbocycles. The lowest BCUT2D eigenvalue weighted by atomic mass is 9.66. The Morgan fingerprint density at radius 1 is 1.00 bits per heavy atom. The van der Waals surface area contributed by atoms with Crippen molar-refractivity contribution in [3.8, 4) is 0 Å². The third kappa shape index (κ3) is 2.29. The van der Waals surface area contributed by atoms with Crippen molar-refractivity contribution in [2.24, 2.45) is 23.7 Å². The molecule has 1 aliphatic rings. The van der Waals surface area contributed by atoms with E-state index in [-0.39, 0.29) is 0 Å². The molecular formula is C14H24. The molecule has 0 aromatic rings. The highest BCUT2D eigenvalue weighted by Gasteiger charge is 2.33. The zero-order valence-corrected chi connectivity index (χ0v) is 10.1. The summed E-state index contributed by atoms with van der Waals surface area (Å²) in [5.41, 5.74) is 2.71. The third-order valence-corrected chi connectivity index (χ3v) is 4.06. The smallest absolute Gasteiger partial charge is 0.0175 e. The Bertz CT molecular complexity index is 236. The summed E-state index contributed by atoms with van der Waals surface area (Å²) in [7, 11) is 0. The number of rotatable bonds is 2. The lowest BCUT2D eigenvalue weighted by Crippen LogP contribution is -2.30. The molecule has 0 bridgehead atoms. The first-order chi connectivity index (χ1) is 6.43. The summed E-state index contributed by atoms with van der Waals surface area (Å²) in [4.78, 5) is 0. The van der Waals surface area contributed by atoms with Crippen LogP contribution in [0.2, 0.25) is 0 Å². The molecule has 0 heteroatoms. The fourth-order valence-corrected chi connectivity index (χ4v) is 2.73. The monoisotopic (exact) mass is 192 g/mol. The Kier molecular flexibility index (Phi) is 3.58. The molecule has 0 aliphatic heterocycles. The maximum Gasteiger partial charge on any atom is -0.0175 e. The van der Waals surface area contributed by atoms with E-state index in [0.29, 0.717) is 5.92 Å². The molecular weight excluding hydrogens is 168 g/mol. The van der Waals surface area contributed by atoms with E-state index in [9.17, 15) is 0 Å². The van der Waals surface area contributed by atoms with E-state index in [1.165, 1.54) is 24.0 Å². The van der Waals surface area contributed by atoms with Gasteiger partial charge in [-0.05, 0) is 50.4 Å². The Morgan fingerprint density at radius 3 is 2.00 bits per heavy atom. The van der Waals surface area contributed by atoms with E-state index >= 15 is 0 Å². The van der Waals surface area contributed by atoms with Crippen molar-refractivity contribution in [3.05, 3.63) is 24.3 Å². The Hall–Kier alpha value is -0.520. The van der Waals surface area contributed by atoms with E-state index in [1.54, 1.807) is 0 Å². The molecule has 1 fully saturated rings. The van der Waals surface area contributed by atoms with Crippen LogP contribution < -0.4 is 0 Å². The molecule has 1 rings (SSSR count). The minimum atomic E-state index is 0.709. The van der Waals surface area contributed by atoms with Crippen molar-refractivity contribution in [2.75, 3.05) is 0 Å². The van der Waals surface area contributed by atoms with Crippen molar-refractivity contribution in [3.63, 3.8) is 0 Å². The molecule has 1 saturated carbocycles. The molecule has 4 atom stereocenters. The minimum absolute atomic E-state index is 0.709. The second-order valence-corrected chi connectivity index (χ2v) is 5.30. The van der Waals surface area contributed by atoms with Gasteiger partial charge < -0.3 is 0 Å². The SMILES string of the molecule is C=C(C)[C@@H]1C[C@@H](C)[C@H](C)[C@H](C(=C)C)C1. The predicted octanol–water partition coefficient (Wildman–Crippen LogP) is 4.44. The molecule has 0 N–H and O–H groups in total. The summed E-state index contributed by atoms with van der Waals surface area (Å²) in [6.07, 6.45) is 2.59. The van der Waals surface area contributed by atoms with Gasteiger partial charge in [0.05, 0.1) is 0 Å². The summed E-state index contributed by atoms with van der Waals surface area (Å²) in [6.45, 7) is 17.3. The van der Waals surface area contributed by atoms with Gasteiger partial charge in [0, 0.05) is 0 Å². The minimum Gasteiger partial charge on any atom is -0.0999 e. The van der Waals surface area contributed by atoms with Gasteiger partial charge >= 0.3 is 0 Å². The zero-order chi connectivity index (χ0) is 10.9. The van der Waals surface area contributed by atoms with Crippen LogP contribution in [0, 0.1) is 23.7 Å². The highest BCUT2D eigenvalue weighted by atomic mass is 14.4. The van der Waals surface area contributed by atoms with Gasteiger partial charge in [-0.3, -0.25) is 0 Å². The van der Waals surface area contributed by atoms with Crippen LogP contribution in [0.5, 0.6) is 0 Å². The van der Waals surface area contributed by atoms with E-state index in [0.717, 1.165) is 17.8 Å². The topological polar surface area (TPSA) is 0 Å². The normalized spacial score (nSPS) is 38.0. The van der Waals surface area contributed by atoms with Crippen molar-refractivity contribution in [1.82, 2.24) is 0 Å². The van der Waals surface area contributed by atoms with Gasteiger partial charge in [0.15, 0.2) is 0 Å². The summed E-state index contributed by atoms with van der Waals surface area (Å²) < 4.78 is 0. The second kappa shape index (κ2) is 4.33. The first kappa shape index (κ1) is 11.6. The molecule has 80 valence electrons. The highest BCUT2D eigenvalue weighted by molar-refractivity contribution is 5.08.